The van der Waals surface area contributed by atoms with Crippen LogP contribution in [0.4, 0.5) is 5.69 Å². The van der Waals surface area contributed by atoms with Gasteiger partial charge in [0.15, 0.2) is 0 Å². The first-order valence-electron chi connectivity index (χ1n) is 12.5. The molecule has 1 unspecified atom stereocenters. The smallest absolute Gasteiger partial charge is 0.313 e. The number of ether oxygens (including phenoxy) is 2. The van der Waals surface area contributed by atoms with Gasteiger partial charge in [0.2, 0.25) is 5.91 Å². The maximum atomic E-state index is 14.4. The van der Waals surface area contributed by atoms with Crippen molar-refractivity contribution in [1.29, 1.82) is 0 Å². The minimum Gasteiger partial charge on any atom is -0.465 e. The molecule has 0 bridgehead atoms. The minimum atomic E-state index is -1.34. The van der Waals surface area contributed by atoms with Crippen LogP contribution < -0.4 is 4.90 Å². The lowest BCUT2D eigenvalue weighted by molar-refractivity contribution is -0.159. The summed E-state index contributed by atoms with van der Waals surface area (Å²) in [5.74, 6) is -2.92. The van der Waals surface area contributed by atoms with Gasteiger partial charge in [0.1, 0.15) is 17.6 Å². The van der Waals surface area contributed by atoms with E-state index in [-0.39, 0.29) is 38.1 Å². The summed E-state index contributed by atoms with van der Waals surface area (Å²) in [5.41, 5.74) is -1.02. The number of carbonyl (C=O) groups is 3. The maximum Gasteiger partial charge on any atom is 0.313 e. The van der Waals surface area contributed by atoms with Gasteiger partial charge in [-0.25, -0.2) is 0 Å². The first kappa shape index (κ1) is 25.0. The molecule has 0 aliphatic carbocycles. The average Bonchev–Trinajstić information content (AvgIpc) is 3.14. The Kier molecular flexibility index (Phi) is 6.47. The first-order valence-corrected chi connectivity index (χ1v) is 12.8. The number of nitrogens with zero attached hydrogens (tertiary/aromatic N) is 2. The van der Waals surface area contributed by atoms with Crippen LogP contribution in [0.1, 0.15) is 31.7 Å². The molecule has 2 fully saturated rings. The lowest BCUT2D eigenvalue weighted by Crippen LogP contribution is -2.56. The molecule has 9 heteroatoms. The summed E-state index contributed by atoms with van der Waals surface area (Å²) in [6.07, 6.45) is 8.91. The van der Waals surface area contributed by atoms with Crippen LogP contribution in [-0.2, 0) is 23.9 Å². The van der Waals surface area contributed by atoms with Crippen molar-refractivity contribution in [1.82, 2.24) is 4.90 Å². The van der Waals surface area contributed by atoms with Crippen molar-refractivity contribution in [2.24, 2.45) is 11.8 Å². The summed E-state index contributed by atoms with van der Waals surface area (Å²) < 4.78 is 12.2. The van der Waals surface area contributed by atoms with Crippen LogP contribution in [0.25, 0.3) is 0 Å². The quantitative estimate of drug-likeness (QED) is 0.369. The van der Waals surface area contributed by atoms with E-state index < -0.39 is 35.0 Å². The van der Waals surface area contributed by atoms with Gasteiger partial charge in [0, 0.05) is 19.7 Å². The fraction of sp³-hybridized carbons (Fsp3) is 0.519. The maximum absolute atomic E-state index is 14.4. The molecule has 1 spiro atoms. The van der Waals surface area contributed by atoms with Crippen molar-refractivity contribution < 1.29 is 29.0 Å². The van der Waals surface area contributed by atoms with Gasteiger partial charge in [-0.2, -0.15) is 0 Å². The summed E-state index contributed by atoms with van der Waals surface area (Å²) >= 11 is 6.55. The Hall–Kier alpha value is -2.68. The standard InChI is InChI=1S/C27H31ClN2O6/c1-17-9-7-10-18(28)21(17)29-14-8-12-27-19(20-25(34)35-16-6-3-11-26(20,2)36-27)23(32)30(13-4-5-15-31)22(27)24(29)33/h3,7-12,19-20,22,31H,4-6,13-16H2,1-2H3/t19-,20-,22?,26+,27-/m0/s1. The largest absolute Gasteiger partial charge is 0.465 e. The molecule has 1 N–H and O–H groups in total. The van der Waals surface area contributed by atoms with Crippen molar-refractivity contribution in [2.45, 2.75) is 50.4 Å². The fourth-order valence-corrected chi connectivity index (χ4v) is 6.61. The molecule has 5 atom stereocenters. The van der Waals surface area contributed by atoms with Gasteiger partial charge in [0.25, 0.3) is 5.91 Å². The molecule has 5 rings (SSSR count). The number of likely N-dealkylation sites (tertiary alicyclic amines) is 1. The highest BCUT2D eigenvalue weighted by Crippen LogP contribution is 2.57. The Bertz CT molecular complexity index is 1130. The second kappa shape index (κ2) is 9.32. The molecule has 4 aliphatic rings. The van der Waals surface area contributed by atoms with Crippen molar-refractivity contribution in [3.8, 4) is 0 Å². The molecular weight excluding hydrogens is 484 g/mol. The number of anilines is 1. The van der Waals surface area contributed by atoms with E-state index in [0.29, 0.717) is 30.0 Å². The predicted molar refractivity (Wildman–Crippen MR) is 133 cm³/mol. The third-order valence-corrected chi connectivity index (χ3v) is 8.09. The van der Waals surface area contributed by atoms with Crippen molar-refractivity contribution in [3.63, 3.8) is 0 Å². The number of aliphatic hydroxyl groups excluding tert-OH is 1. The number of cyclic esters (lactones) is 1. The van der Waals surface area contributed by atoms with E-state index in [4.69, 9.17) is 21.1 Å². The van der Waals surface area contributed by atoms with E-state index in [1.54, 1.807) is 24.0 Å². The molecule has 0 radical (unpaired) electrons. The lowest BCUT2D eigenvalue weighted by atomic mass is 9.74. The zero-order chi connectivity index (χ0) is 25.7. The number of rotatable bonds is 5. The van der Waals surface area contributed by atoms with Crippen LogP contribution in [0, 0.1) is 18.8 Å². The van der Waals surface area contributed by atoms with Crippen LogP contribution in [0.15, 0.2) is 42.5 Å². The fourth-order valence-electron chi connectivity index (χ4n) is 6.29. The molecular formula is C27H31ClN2O6. The van der Waals surface area contributed by atoms with Crippen LogP contribution in [-0.4, -0.2) is 71.3 Å². The third kappa shape index (κ3) is 3.69. The number of fused-ring (bicyclic) bond motifs is 2. The normalized spacial score (nSPS) is 33.6. The molecule has 8 nitrogen and oxygen atoms in total. The van der Waals surface area contributed by atoms with Crippen molar-refractivity contribution in [2.75, 3.05) is 31.2 Å². The molecule has 0 aromatic heterocycles. The molecule has 36 heavy (non-hydrogen) atoms. The summed E-state index contributed by atoms with van der Waals surface area (Å²) in [6.45, 7) is 4.39. The molecule has 0 saturated carbocycles. The highest BCUT2D eigenvalue weighted by atomic mass is 35.5. The monoisotopic (exact) mass is 514 g/mol. The van der Waals surface area contributed by atoms with Gasteiger partial charge in [-0.05, 0) is 44.7 Å². The number of aliphatic hydroxyl groups is 1. The predicted octanol–water partition coefficient (Wildman–Crippen LogP) is 2.80. The number of unbranched alkanes of at least 4 members (excludes halogenated alkanes) is 1. The van der Waals surface area contributed by atoms with E-state index in [1.807, 2.05) is 37.3 Å². The number of para-hydroxylation sites is 1. The summed E-state index contributed by atoms with van der Waals surface area (Å²) in [4.78, 5) is 44.8. The summed E-state index contributed by atoms with van der Waals surface area (Å²) in [5, 5.41) is 9.77. The number of benzene rings is 1. The van der Waals surface area contributed by atoms with Crippen molar-refractivity contribution in [3.05, 3.63) is 53.1 Å². The molecule has 192 valence electrons. The van der Waals surface area contributed by atoms with Gasteiger partial charge in [-0.1, -0.05) is 48.0 Å². The number of aryl methyl sites for hydroxylation is 1. The van der Waals surface area contributed by atoms with Gasteiger partial charge < -0.3 is 24.4 Å². The summed E-state index contributed by atoms with van der Waals surface area (Å²) in [6, 6.07) is 4.45. The third-order valence-electron chi connectivity index (χ3n) is 7.79. The SMILES string of the molecule is Cc1cccc(Cl)c1N1CC=C[C@]23O[C@]4(C)C=CCCOC(=O)[C@@H]4[C@H]2C(=O)N(CCCCO)C3C1=O. The molecule has 1 aromatic rings. The Morgan fingerprint density at radius 2 is 1.92 bits per heavy atom. The van der Waals surface area contributed by atoms with Gasteiger partial charge in [-0.3, -0.25) is 14.4 Å². The number of carbonyl (C=O) groups excluding carboxylic acids is 3. The second-order valence-electron chi connectivity index (χ2n) is 10.1. The lowest BCUT2D eigenvalue weighted by Gasteiger charge is -2.38. The second-order valence-corrected chi connectivity index (χ2v) is 10.5. The van der Waals surface area contributed by atoms with Gasteiger partial charge in [-0.15, -0.1) is 0 Å². The molecule has 2 saturated heterocycles. The van der Waals surface area contributed by atoms with Gasteiger partial charge >= 0.3 is 5.97 Å². The van der Waals surface area contributed by atoms with E-state index in [0.717, 1.165) is 5.56 Å². The van der Waals surface area contributed by atoms with Crippen LogP contribution in [0.2, 0.25) is 5.02 Å². The Balaban J connectivity index is 1.65. The molecule has 4 heterocycles. The number of halogens is 1. The zero-order valence-electron chi connectivity index (χ0n) is 20.5. The Morgan fingerprint density at radius 3 is 2.67 bits per heavy atom. The van der Waals surface area contributed by atoms with Crippen LogP contribution in [0.5, 0.6) is 0 Å². The Morgan fingerprint density at radius 1 is 1.11 bits per heavy atom. The zero-order valence-corrected chi connectivity index (χ0v) is 21.2. The topological polar surface area (TPSA) is 96.4 Å². The highest BCUT2D eigenvalue weighted by Gasteiger charge is 2.74. The highest BCUT2D eigenvalue weighted by molar-refractivity contribution is 6.34. The Labute approximate surface area is 215 Å². The summed E-state index contributed by atoms with van der Waals surface area (Å²) in [7, 11) is 0. The number of hydrogen-bond donors (Lipinski definition) is 1. The van der Waals surface area contributed by atoms with E-state index in [1.165, 1.54) is 4.90 Å². The van der Waals surface area contributed by atoms with E-state index >= 15 is 0 Å². The van der Waals surface area contributed by atoms with E-state index in [9.17, 15) is 19.5 Å². The minimum absolute atomic E-state index is 0.0195. The van der Waals surface area contributed by atoms with E-state index in [2.05, 4.69) is 0 Å². The molecule has 4 aliphatic heterocycles. The van der Waals surface area contributed by atoms with Crippen LogP contribution in [0.3, 0.4) is 0 Å². The van der Waals surface area contributed by atoms with Gasteiger partial charge in [0.05, 0.1) is 28.8 Å². The number of amides is 2. The number of hydrogen-bond acceptors (Lipinski definition) is 6. The average molecular weight is 515 g/mol. The molecule has 2 amide bonds. The molecule has 1 aromatic carbocycles. The van der Waals surface area contributed by atoms with Crippen molar-refractivity contribution >= 4 is 35.1 Å². The number of esters is 1. The van der Waals surface area contributed by atoms with Crippen LogP contribution >= 0.6 is 11.6 Å². The first-order chi connectivity index (χ1) is 17.2.